The Morgan fingerprint density at radius 2 is 2.17 bits per heavy atom. The number of carbonyl (C=O) groups excluding carboxylic acids is 1. The van der Waals surface area contributed by atoms with Crippen molar-refractivity contribution in [2.24, 2.45) is 0 Å². The molecule has 1 heterocycles. The standard InChI is InChI=1S/C16H22ClNO5/c1-9(2)23-15-7-11(17)10(6-14(15)21-3)16(20)18-12-8-22-5-4-13(12)19/h6-7,9,12-13,19H,4-5,8H2,1-3H3,(H,18,20)/t12-,13-/m1/s1. The van der Waals surface area contributed by atoms with Crippen molar-refractivity contribution in [1.29, 1.82) is 0 Å². The summed E-state index contributed by atoms with van der Waals surface area (Å²) in [4.78, 5) is 12.4. The fourth-order valence-electron chi connectivity index (χ4n) is 2.33. The Kier molecular flexibility index (Phi) is 6.10. The van der Waals surface area contributed by atoms with Crippen LogP contribution in [0.2, 0.25) is 5.02 Å². The second-order valence-corrected chi connectivity index (χ2v) is 6.07. The molecule has 1 aromatic carbocycles. The van der Waals surface area contributed by atoms with Crippen molar-refractivity contribution in [1.82, 2.24) is 5.32 Å². The number of hydrogen-bond donors (Lipinski definition) is 2. The Morgan fingerprint density at radius 3 is 2.78 bits per heavy atom. The molecule has 2 N–H and O–H groups in total. The number of carbonyl (C=O) groups is 1. The maximum Gasteiger partial charge on any atom is 0.253 e. The van der Waals surface area contributed by atoms with Crippen LogP contribution in [0.15, 0.2) is 12.1 Å². The zero-order valence-corrected chi connectivity index (χ0v) is 14.2. The van der Waals surface area contributed by atoms with Crippen LogP contribution in [-0.2, 0) is 4.74 Å². The first kappa shape index (κ1) is 17.8. The molecule has 1 saturated heterocycles. The Bertz CT molecular complexity index is 564. The molecule has 0 unspecified atom stereocenters. The molecule has 1 fully saturated rings. The van der Waals surface area contributed by atoms with Crippen molar-refractivity contribution in [2.75, 3.05) is 20.3 Å². The fourth-order valence-corrected chi connectivity index (χ4v) is 2.56. The van der Waals surface area contributed by atoms with Gasteiger partial charge in [-0.3, -0.25) is 4.79 Å². The van der Waals surface area contributed by atoms with Gasteiger partial charge in [0.1, 0.15) is 0 Å². The molecule has 23 heavy (non-hydrogen) atoms. The zero-order chi connectivity index (χ0) is 17.0. The molecule has 0 radical (unpaired) electrons. The highest BCUT2D eigenvalue weighted by Crippen LogP contribution is 2.34. The number of benzene rings is 1. The van der Waals surface area contributed by atoms with Crippen molar-refractivity contribution in [2.45, 2.75) is 38.5 Å². The van der Waals surface area contributed by atoms with E-state index in [9.17, 15) is 9.90 Å². The van der Waals surface area contributed by atoms with Gasteiger partial charge in [-0.2, -0.15) is 0 Å². The van der Waals surface area contributed by atoms with Gasteiger partial charge in [0.15, 0.2) is 11.5 Å². The van der Waals surface area contributed by atoms with Gasteiger partial charge in [-0.1, -0.05) is 11.6 Å². The fraction of sp³-hybridized carbons (Fsp3) is 0.562. The summed E-state index contributed by atoms with van der Waals surface area (Å²) in [5.41, 5.74) is 0.261. The van der Waals surface area contributed by atoms with Gasteiger partial charge in [-0.15, -0.1) is 0 Å². The molecular formula is C16H22ClNO5. The average molecular weight is 344 g/mol. The number of rotatable bonds is 5. The van der Waals surface area contributed by atoms with Gasteiger partial charge in [0.2, 0.25) is 0 Å². The summed E-state index contributed by atoms with van der Waals surface area (Å²) in [6.07, 6.45) is -0.186. The van der Waals surface area contributed by atoms with Crippen molar-refractivity contribution in [3.63, 3.8) is 0 Å². The van der Waals surface area contributed by atoms with Gasteiger partial charge < -0.3 is 24.6 Å². The Hall–Kier alpha value is -1.50. The number of halogens is 1. The maximum atomic E-state index is 12.4. The van der Waals surface area contributed by atoms with Crippen LogP contribution in [-0.4, -0.2) is 49.6 Å². The number of aliphatic hydroxyl groups excluding tert-OH is 1. The number of nitrogens with one attached hydrogen (secondary N) is 1. The summed E-state index contributed by atoms with van der Waals surface area (Å²) in [6.45, 7) is 4.54. The molecule has 0 aromatic heterocycles. The predicted molar refractivity (Wildman–Crippen MR) is 86.5 cm³/mol. The topological polar surface area (TPSA) is 77.0 Å². The van der Waals surface area contributed by atoms with E-state index in [-0.39, 0.29) is 29.2 Å². The van der Waals surface area contributed by atoms with E-state index in [2.05, 4.69) is 5.32 Å². The van der Waals surface area contributed by atoms with Crippen LogP contribution in [0.3, 0.4) is 0 Å². The molecule has 7 heteroatoms. The minimum Gasteiger partial charge on any atom is -0.493 e. The van der Waals surface area contributed by atoms with Crippen LogP contribution in [0, 0.1) is 0 Å². The van der Waals surface area contributed by atoms with E-state index < -0.39 is 12.1 Å². The molecule has 128 valence electrons. The molecular weight excluding hydrogens is 322 g/mol. The van der Waals surface area contributed by atoms with Crippen LogP contribution in [0.25, 0.3) is 0 Å². The van der Waals surface area contributed by atoms with E-state index >= 15 is 0 Å². The van der Waals surface area contributed by atoms with Crippen LogP contribution in [0.4, 0.5) is 0 Å². The molecule has 0 spiro atoms. The molecule has 1 aliphatic rings. The van der Waals surface area contributed by atoms with Crippen LogP contribution in [0.1, 0.15) is 30.6 Å². The molecule has 2 rings (SSSR count). The number of methoxy groups -OCH3 is 1. The van der Waals surface area contributed by atoms with Crippen molar-refractivity contribution in [3.8, 4) is 11.5 Å². The number of aliphatic hydroxyl groups is 1. The first-order valence-corrected chi connectivity index (χ1v) is 7.91. The van der Waals surface area contributed by atoms with Crippen molar-refractivity contribution in [3.05, 3.63) is 22.7 Å². The van der Waals surface area contributed by atoms with E-state index in [0.29, 0.717) is 24.5 Å². The van der Waals surface area contributed by atoms with Crippen LogP contribution >= 0.6 is 11.6 Å². The molecule has 0 saturated carbocycles. The van der Waals surface area contributed by atoms with Gasteiger partial charge in [0.25, 0.3) is 5.91 Å². The lowest BCUT2D eigenvalue weighted by atomic mass is 10.1. The minimum atomic E-state index is -0.628. The third kappa shape index (κ3) is 4.50. The quantitative estimate of drug-likeness (QED) is 0.855. The minimum absolute atomic E-state index is 0.0471. The second-order valence-electron chi connectivity index (χ2n) is 5.66. The molecule has 6 nitrogen and oxygen atoms in total. The summed E-state index contributed by atoms with van der Waals surface area (Å²) in [7, 11) is 1.50. The van der Waals surface area contributed by atoms with Crippen molar-refractivity contribution >= 4 is 17.5 Å². The van der Waals surface area contributed by atoms with E-state index in [1.807, 2.05) is 13.8 Å². The zero-order valence-electron chi connectivity index (χ0n) is 13.5. The molecule has 0 aliphatic carbocycles. The first-order valence-electron chi connectivity index (χ1n) is 7.53. The molecule has 1 amide bonds. The highest BCUT2D eigenvalue weighted by Gasteiger charge is 2.27. The average Bonchev–Trinajstić information content (AvgIpc) is 2.49. The molecule has 1 aromatic rings. The number of hydrogen-bond acceptors (Lipinski definition) is 5. The summed E-state index contributed by atoms with van der Waals surface area (Å²) in [6, 6.07) is 2.64. The van der Waals surface area contributed by atoms with E-state index in [1.54, 1.807) is 6.07 Å². The molecule has 0 bridgehead atoms. The van der Waals surface area contributed by atoms with Gasteiger partial charge in [-0.05, 0) is 26.3 Å². The Labute approximate surface area is 140 Å². The highest BCUT2D eigenvalue weighted by atomic mass is 35.5. The lowest BCUT2D eigenvalue weighted by Crippen LogP contribution is -2.49. The number of ether oxygens (including phenoxy) is 3. The lowest BCUT2D eigenvalue weighted by molar-refractivity contribution is -0.0140. The maximum absolute atomic E-state index is 12.4. The highest BCUT2D eigenvalue weighted by molar-refractivity contribution is 6.34. The van der Waals surface area contributed by atoms with E-state index in [1.165, 1.54) is 13.2 Å². The largest absolute Gasteiger partial charge is 0.493 e. The summed E-state index contributed by atoms with van der Waals surface area (Å²) < 4.78 is 16.2. The summed E-state index contributed by atoms with van der Waals surface area (Å²) in [5.74, 6) is 0.512. The van der Waals surface area contributed by atoms with Crippen LogP contribution < -0.4 is 14.8 Å². The summed E-state index contributed by atoms with van der Waals surface area (Å²) in [5, 5.41) is 12.9. The van der Waals surface area contributed by atoms with Gasteiger partial charge in [0.05, 0.1) is 42.6 Å². The monoisotopic (exact) mass is 343 g/mol. The molecule has 2 atom stereocenters. The predicted octanol–water partition coefficient (Wildman–Crippen LogP) is 2.02. The smallest absolute Gasteiger partial charge is 0.253 e. The van der Waals surface area contributed by atoms with Crippen LogP contribution in [0.5, 0.6) is 11.5 Å². The van der Waals surface area contributed by atoms with Gasteiger partial charge in [0, 0.05) is 12.7 Å². The van der Waals surface area contributed by atoms with Gasteiger partial charge >= 0.3 is 0 Å². The van der Waals surface area contributed by atoms with Crippen molar-refractivity contribution < 1.29 is 24.1 Å². The molecule has 1 aliphatic heterocycles. The third-order valence-corrected chi connectivity index (χ3v) is 3.81. The van der Waals surface area contributed by atoms with E-state index in [4.69, 9.17) is 25.8 Å². The number of amides is 1. The lowest BCUT2D eigenvalue weighted by Gasteiger charge is -2.28. The second kappa shape index (κ2) is 7.86. The Balaban J connectivity index is 2.19. The van der Waals surface area contributed by atoms with Gasteiger partial charge in [-0.25, -0.2) is 0 Å². The summed E-state index contributed by atoms with van der Waals surface area (Å²) >= 11 is 6.20. The SMILES string of the molecule is COc1cc(C(=O)N[C@@H]2COCC[C@H]2O)c(Cl)cc1OC(C)C. The Morgan fingerprint density at radius 1 is 1.43 bits per heavy atom. The first-order chi connectivity index (χ1) is 10.9. The third-order valence-electron chi connectivity index (χ3n) is 3.50. The normalized spacial score (nSPS) is 21.1. The van der Waals surface area contributed by atoms with E-state index in [0.717, 1.165) is 0 Å².